The van der Waals surface area contributed by atoms with Gasteiger partial charge in [-0.25, -0.2) is 9.55 Å². The third-order valence-corrected chi connectivity index (χ3v) is 8.07. The van der Waals surface area contributed by atoms with E-state index in [-0.39, 0.29) is 5.41 Å². The van der Waals surface area contributed by atoms with Gasteiger partial charge >= 0.3 is 0 Å². The van der Waals surface area contributed by atoms with Crippen molar-refractivity contribution < 1.29 is 4.57 Å². The summed E-state index contributed by atoms with van der Waals surface area (Å²) < 4.78 is 5.92. The lowest BCUT2D eigenvalue weighted by Gasteiger charge is -2.18. The number of imidazole rings is 1. The highest BCUT2D eigenvalue weighted by Crippen LogP contribution is 2.36. The summed E-state index contributed by atoms with van der Waals surface area (Å²) in [5, 5.41) is 1.06. The SMILES string of the molecule is Cc1cc2nc(-c3ccccc3)sc2cc1-c1n(-c2ccc(C(C)(C)C)cc2)c2ccccc2[n+]1C. The van der Waals surface area contributed by atoms with E-state index in [0.29, 0.717) is 0 Å². The van der Waals surface area contributed by atoms with Crippen LogP contribution in [0.1, 0.15) is 31.9 Å². The predicted octanol–water partition coefficient (Wildman–Crippen LogP) is 8.00. The second-order valence-corrected chi connectivity index (χ2v) is 11.6. The number of aryl methyl sites for hydroxylation is 2. The van der Waals surface area contributed by atoms with E-state index in [9.17, 15) is 0 Å². The molecule has 4 heteroatoms. The molecule has 36 heavy (non-hydrogen) atoms. The van der Waals surface area contributed by atoms with E-state index >= 15 is 0 Å². The van der Waals surface area contributed by atoms with Crippen LogP contribution >= 0.6 is 11.3 Å². The molecule has 0 aliphatic carbocycles. The van der Waals surface area contributed by atoms with E-state index in [2.05, 4.69) is 129 Å². The summed E-state index contributed by atoms with van der Waals surface area (Å²) >= 11 is 1.76. The van der Waals surface area contributed by atoms with Crippen molar-refractivity contribution in [1.82, 2.24) is 9.55 Å². The molecule has 2 heterocycles. The van der Waals surface area contributed by atoms with Crippen molar-refractivity contribution in [2.24, 2.45) is 7.05 Å². The molecule has 178 valence electrons. The number of thiazole rings is 1. The summed E-state index contributed by atoms with van der Waals surface area (Å²) in [7, 11) is 2.17. The van der Waals surface area contributed by atoms with Gasteiger partial charge in [0.2, 0.25) is 0 Å². The number of benzene rings is 4. The Morgan fingerprint density at radius 2 is 1.53 bits per heavy atom. The minimum atomic E-state index is 0.120. The Hall–Kier alpha value is -3.76. The molecule has 0 unspecified atom stereocenters. The van der Waals surface area contributed by atoms with Crippen LogP contribution in [0, 0.1) is 6.92 Å². The summed E-state index contributed by atoms with van der Waals surface area (Å²) in [5.74, 6) is 1.17. The third kappa shape index (κ3) is 3.73. The maximum Gasteiger partial charge on any atom is 0.295 e. The number of fused-ring (bicyclic) bond motifs is 2. The average molecular weight is 489 g/mol. The Bertz CT molecular complexity index is 1720. The minimum Gasteiger partial charge on any atom is -0.236 e. The van der Waals surface area contributed by atoms with Crippen LogP contribution < -0.4 is 4.57 Å². The summed E-state index contributed by atoms with van der Waals surface area (Å²) in [5.41, 5.74) is 9.70. The zero-order valence-electron chi connectivity index (χ0n) is 21.4. The summed E-state index contributed by atoms with van der Waals surface area (Å²) in [6.45, 7) is 8.97. The van der Waals surface area contributed by atoms with Gasteiger partial charge in [0.05, 0.1) is 22.8 Å². The Kier molecular flexibility index (Phi) is 5.31. The molecule has 3 nitrogen and oxygen atoms in total. The number of hydrogen-bond donors (Lipinski definition) is 0. The van der Waals surface area contributed by atoms with Gasteiger partial charge in [0.15, 0.2) is 11.0 Å². The molecule has 6 aromatic rings. The first-order valence-electron chi connectivity index (χ1n) is 12.4. The Labute approximate surface area is 216 Å². The molecule has 0 atom stereocenters. The third-order valence-electron chi connectivity index (χ3n) is 7.00. The van der Waals surface area contributed by atoms with Gasteiger partial charge in [-0.2, -0.15) is 4.57 Å². The van der Waals surface area contributed by atoms with Crippen molar-refractivity contribution in [1.29, 1.82) is 0 Å². The largest absolute Gasteiger partial charge is 0.295 e. The zero-order valence-corrected chi connectivity index (χ0v) is 22.2. The topological polar surface area (TPSA) is 21.7 Å². The van der Waals surface area contributed by atoms with Crippen LogP contribution in [0.25, 0.3) is 48.9 Å². The molecular formula is C32H30N3S+. The molecule has 0 amide bonds. The van der Waals surface area contributed by atoms with Crippen molar-refractivity contribution in [3.63, 3.8) is 0 Å². The van der Waals surface area contributed by atoms with E-state index in [4.69, 9.17) is 4.98 Å². The molecule has 0 radical (unpaired) electrons. The fraction of sp³-hybridized carbons (Fsp3) is 0.188. The van der Waals surface area contributed by atoms with Crippen molar-refractivity contribution in [2.75, 3.05) is 0 Å². The fourth-order valence-electron chi connectivity index (χ4n) is 5.01. The van der Waals surface area contributed by atoms with E-state index in [1.807, 2.05) is 6.07 Å². The lowest BCUT2D eigenvalue weighted by atomic mass is 9.87. The summed E-state index contributed by atoms with van der Waals surface area (Å²) in [6.07, 6.45) is 0. The first kappa shape index (κ1) is 22.7. The number of para-hydroxylation sites is 2. The smallest absolute Gasteiger partial charge is 0.236 e. The Balaban J connectivity index is 1.58. The van der Waals surface area contributed by atoms with Crippen LogP contribution in [-0.2, 0) is 12.5 Å². The van der Waals surface area contributed by atoms with E-state index in [0.717, 1.165) is 16.1 Å². The lowest BCUT2D eigenvalue weighted by molar-refractivity contribution is -0.633. The van der Waals surface area contributed by atoms with Gasteiger partial charge in [-0.15, -0.1) is 11.3 Å². The molecule has 0 aliphatic rings. The minimum absolute atomic E-state index is 0.120. The molecular weight excluding hydrogens is 458 g/mol. The van der Waals surface area contributed by atoms with E-state index in [1.165, 1.54) is 43.9 Å². The van der Waals surface area contributed by atoms with Crippen LogP contribution in [0.5, 0.6) is 0 Å². The highest BCUT2D eigenvalue weighted by atomic mass is 32.1. The molecule has 6 rings (SSSR count). The van der Waals surface area contributed by atoms with E-state index < -0.39 is 0 Å². The highest BCUT2D eigenvalue weighted by molar-refractivity contribution is 7.21. The molecule has 0 saturated heterocycles. The summed E-state index contributed by atoms with van der Waals surface area (Å²) in [6, 6.07) is 32.7. The van der Waals surface area contributed by atoms with Crippen LogP contribution in [0.15, 0.2) is 91.0 Å². The maximum atomic E-state index is 4.96. The van der Waals surface area contributed by atoms with Gasteiger partial charge < -0.3 is 0 Å². The average Bonchev–Trinajstić information content (AvgIpc) is 3.42. The van der Waals surface area contributed by atoms with Gasteiger partial charge in [-0.3, -0.25) is 0 Å². The molecule has 0 N–H and O–H groups in total. The number of aromatic nitrogens is 3. The fourth-order valence-corrected chi connectivity index (χ4v) is 6.00. The molecule has 0 aliphatic heterocycles. The van der Waals surface area contributed by atoms with Crippen LogP contribution in [-0.4, -0.2) is 9.55 Å². The van der Waals surface area contributed by atoms with Crippen molar-refractivity contribution >= 4 is 32.6 Å². The quantitative estimate of drug-likeness (QED) is 0.231. The predicted molar refractivity (Wildman–Crippen MR) is 152 cm³/mol. The number of rotatable bonds is 3. The van der Waals surface area contributed by atoms with Gasteiger partial charge in [0, 0.05) is 5.56 Å². The van der Waals surface area contributed by atoms with Gasteiger partial charge in [0.25, 0.3) is 5.82 Å². The first-order valence-corrected chi connectivity index (χ1v) is 13.2. The molecule has 2 aromatic heterocycles. The van der Waals surface area contributed by atoms with Crippen molar-refractivity contribution in [3.05, 3.63) is 102 Å². The zero-order chi connectivity index (χ0) is 25.0. The van der Waals surface area contributed by atoms with Gasteiger partial charge in [0.1, 0.15) is 10.7 Å². The molecule has 0 spiro atoms. The maximum absolute atomic E-state index is 4.96. The van der Waals surface area contributed by atoms with Crippen LogP contribution in [0.3, 0.4) is 0 Å². The second-order valence-electron chi connectivity index (χ2n) is 10.5. The highest BCUT2D eigenvalue weighted by Gasteiger charge is 2.28. The first-order chi connectivity index (χ1) is 17.3. The lowest BCUT2D eigenvalue weighted by Crippen LogP contribution is -2.30. The van der Waals surface area contributed by atoms with Crippen LogP contribution in [0.2, 0.25) is 0 Å². The molecule has 0 fully saturated rings. The van der Waals surface area contributed by atoms with Gasteiger partial charge in [-0.05, 0) is 59.9 Å². The Morgan fingerprint density at radius 1 is 0.833 bits per heavy atom. The molecule has 0 saturated carbocycles. The van der Waals surface area contributed by atoms with E-state index in [1.54, 1.807) is 11.3 Å². The number of nitrogens with zero attached hydrogens (tertiary/aromatic N) is 3. The van der Waals surface area contributed by atoms with Crippen molar-refractivity contribution in [2.45, 2.75) is 33.1 Å². The molecule has 0 bridgehead atoms. The second kappa shape index (κ2) is 8.42. The monoisotopic (exact) mass is 488 g/mol. The van der Waals surface area contributed by atoms with Gasteiger partial charge in [-0.1, -0.05) is 75.4 Å². The normalized spacial score (nSPS) is 12.0. The number of hydrogen-bond acceptors (Lipinski definition) is 2. The Morgan fingerprint density at radius 3 is 2.25 bits per heavy atom. The van der Waals surface area contributed by atoms with Crippen molar-refractivity contribution in [3.8, 4) is 27.6 Å². The summed E-state index contributed by atoms with van der Waals surface area (Å²) in [4.78, 5) is 4.96. The standard InChI is InChI=1S/C32H30N3S/c1-21-19-26-29(36-30(33-26)22-11-7-6-8-12-22)20-25(21)31-34(5)27-13-9-10-14-28(27)35(31)24-17-15-23(16-18-24)32(2,3)4/h6-20H,1-5H3/q+1. The molecule has 4 aromatic carbocycles. The van der Waals surface area contributed by atoms with Crippen LogP contribution in [0.4, 0.5) is 0 Å².